The van der Waals surface area contributed by atoms with Gasteiger partial charge in [-0.15, -0.1) is 0 Å². The van der Waals surface area contributed by atoms with Gasteiger partial charge >= 0.3 is 0 Å². The van der Waals surface area contributed by atoms with Gasteiger partial charge in [0.2, 0.25) is 0 Å². The summed E-state index contributed by atoms with van der Waals surface area (Å²) in [6.45, 7) is 4.02. The first-order chi connectivity index (χ1) is 10.6. The van der Waals surface area contributed by atoms with Gasteiger partial charge in [0.1, 0.15) is 0 Å². The molecule has 0 unspecified atom stereocenters. The summed E-state index contributed by atoms with van der Waals surface area (Å²) in [5.74, 6) is -0.312. The summed E-state index contributed by atoms with van der Waals surface area (Å²) in [6.07, 6.45) is 2.19. The number of nitrogens with zero attached hydrogens (tertiary/aromatic N) is 1. The number of hydrogen-bond acceptors (Lipinski definition) is 2. The molecule has 1 amide bonds. The van der Waals surface area contributed by atoms with Crippen molar-refractivity contribution in [3.8, 4) is 0 Å². The minimum absolute atomic E-state index is 0.312. The van der Waals surface area contributed by atoms with Crippen molar-refractivity contribution in [2.24, 2.45) is 5.10 Å². The third-order valence-electron chi connectivity index (χ3n) is 3.35. The average molecular weight is 315 g/mol. The van der Waals surface area contributed by atoms with Gasteiger partial charge in [0, 0.05) is 0 Å². The maximum atomic E-state index is 12.0. The highest BCUT2D eigenvalue weighted by Crippen LogP contribution is 2.14. The summed E-state index contributed by atoms with van der Waals surface area (Å²) in [6, 6.07) is 15.1. The van der Waals surface area contributed by atoms with E-state index in [-0.39, 0.29) is 5.91 Å². The number of carbonyl (C=O) groups excluding carboxylic acids is 1. The van der Waals surface area contributed by atoms with E-state index in [0.29, 0.717) is 10.6 Å². The summed E-state index contributed by atoms with van der Waals surface area (Å²) in [4.78, 5) is 12.0. The standard InChI is InChI=1S/C18H19ClN2O/c1-3-6-14-9-11-15(12-10-14)13(2)20-21-18(22)16-7-4-5-8-17(16)19/h4-5,7-12H,3,6H2,1-2H3,(H,21,22). The molecule has 0 saturated carbocycles. The van der Waals surface area contributed by atoms with Crippen LogP contribution < -0.4 is 5.43 Å². The zero-order valence-corrected chi connectivity index (χ0v) is 13.5. The van der Waals surface area contributed by atoms with Crippen LogP contribution in [0.15, 0.2) is 53.6 Å². The minimum Gasteiger partial charge on any atom is -0.267 e. The van der Waals surface area contributed by atoms with Crippen LogP contribution in [0.5, 0.6) is 0 Å². The van der Waals surface area contributed by atoms with Crippen molar-refractivity contribution < 1.29 is 4.79 Å². The number of nitrogens with one attached hydrogen (secondary N) is 1. The van der Waals surface area contributed by atoms with Gasteiger partial charge in [-0.25, -0.2) is 5.43 Å². The zero-order valence-electron chi connectivity index (χ0n) is 12.8. The van der Waals surface area contributed by atoms with E-state index in [4.69, 9.17) is 11.6 Å². The van der Waals surface area contributed by atoms with Crippen molar-refractivity contribution in [2.75, 3.05) is 0 Å². The van der Waals surface area contributed by atoms with Gasteiger partial charge in [-0.1, -0.05) is 61.3 Å². The molecule has 0 saturated heterocycles. The van der Waals surface area contributed by atoms with Crippen LogP contribution in [-0.4, -0.2) is 11.6 Å². The molecule has 0 aliphatic heterocycles. The number of hydrazone groups is 1. The van der Waals surface area contributed by atoms with Crippen molar-refractivity contribution in [3.05, 3.63) is 70.2 Å². The van der Waals surface area contributed by atoms with Gasteiger partial charge < -0.3 is 0 Å². The van der Waals surface area contributed by atoms with Crippen molar-refractivity contribution >= 4 is 23.2 Å². The highest BCUT2D eigenvalue weighted by Gasteiger charge is 2.08. The molecule has 3 nitrogen and oxygen atoms in total. The molecule has 0 aliphatic rings. The number of hydrogen-bond donors (Lipinski definition) is 1. The highest BCUT2D eigenvalue weighted by atomic mass is 35.5. The number of halogens is 1. The molecule has 4 heteroatoms. The molecule has 0 bridgehead atoms. The lowest BCUT2D eigenvalue weighted by Gasteiger charge is -2.05. The van der Waals surface area contributed by atoms with E-state index in [0.717, 1.165) is 24.1 Å². The number of rotatable bonds is 5. The van der Waals surface area contributed by atoms with E-state index < -0.39 is 0 Å². The van der Waals surface area contributed by atoms with E-state index in [1.54, 1.807) is 24.3 Å². The smallest absolute Gasteiger partial charge is 0.267 e. The van der Waals surface area contributed by atoms with Crippen LogP contribution >= 0.6 is 11.6 Å². The van der Waals surface area contributed by atoms with Gasteiger partial charge in [-0.2, -0.15) is 5.10 Å². The Hall–Kier alpha value is -2.13. The molecular formula is C18H19ClN2O. The summed E-state index contributed by atoms with van der Waals surface area (Å²) in [5, 5.41) is 4.56. The SMILES string of the molecule is CCCc1ccc(C(C)=NNC(=O)c2ccccc2Cl)cc1. The Labute approximate surface area is 136 Å². The van der Waals surface area contributed by atoms with Crippen LogP contribution in [0.1, 0.15) is 41.8 Å². The maximum absolute atomic E-state index is 12.0. The molecule has 114 valence electrons. The fraction of sp³-hybridized carbons (Fsp3) is 0.222. The monoisotopic (exact) mass is 314 g/mol. The average Bonchev–Trinajstić information content (AvgIpc) is 2.54. The van der Waals surface area contributed by atoms with E-state index >= 15 is 0 Å². The Morgan fingerprint density at radius 1 is 1.14 bits per heavy atom. The minimum atomic E-state index is -0.312. The lowest BCUT2D eigenvalue weighted by atomic mass is 10.1. The fourth-order valence-corrected chi connectivity index (χ4v) is 2.33. The summed E-state index contributed by atoms with van der Waals surface area (Å²) in [5.41, 5.74) is 6.00. The Bertz CT molecular complexity index is 678. The maximum Gasteiger partial charge on any atom is 0.272 e. The fourth-order valence-electron chi connectivity index (χ4n) is 2.11. The lowest BCUT2D eigenvalue weighted by Crippen LogP contribution is -2.19. The highest BCUT2D eigenvalue weighted by molar-refractivity contribution is 6.33. The first-order valence-corrected chi connectivity index (χ1v) is 7.68. The van der Waals surface area contributed by atoms with E-state index in [2.05, 4.69) is 29.6 Å². The second kappa shape index (κ2) is 7.76. The van der Waals surface area contributed by atoms with E-state index in [1.807, 2.05) is 19.1 Å². The first-order valence-electron chi connectivity index (χ1n) is 7.30. The van der Waals surface area contributed by atoms with Crippen molar-refractivity contribution in [3.63, 3.8) is 0 Å². The Balaban J connectivity index is 2.06. The molecule has 2 aromatic rings. The number of benzene rings is 2. The third kappa shape index (κ3) is 4.18. The number of aryl methyl sites for hydroxylation is 1. The molecule has 0 spiro atoms. The largest absolute Gasteiger partial charge is 0.272 e. The van der Waals surface area contributed by atoms with Gasteiger partial charge in [0.15, 0.2) is 0 Å². The molecule has 0 heterocycles. The second-order valence-corrected chi connectivity index (χ2v) is 5.47. The van der Waals surface area contributed by atoms with Crippen LogP contribution in [0.3, 0.4) is 0 Å². The van der Waals surface area contributed by atoms with Gasteiger partial charge in [0.25, 0.3) is 5.91 Å². The predicted octanol–water partition coefficient (Wildman–Crippen LogP) is 4.45. The normalized spacial score (nSPS) is 11.3. The van der Waals surface area contributed by atoms with Gasteiger partial charge in [-0.3, -0.25) is 4.79 Å². The quantitative estimate of drug-likeness (QED) is 0.643. The van der Waals surface area contributed by atoms with Crippen molar-refractivity contribution in [1.82, 2.24) is 5.43 Å². The molecule has 2 aromatic carbocycles. The van der Waals surface area contributed by atoms with Crippen molar-refractivity contribution in [2.45, 2.75) is 26.7 Å². The third-order valence-corrected chi connectivity index (χ3v) is 3.68. The Morgan fingerprint density at radius 3 is 2.45 bits per heavy atom. The molecule has 2 rings (SSSR count). The first kappa shape index (κ1) is 16.2. The van der Waals surface area contributed by atoms with Crippen LogP contribution in [0.25, 0.3) is 0 Å². The van der Waals surface area contributed by atoms with Crippen LogP contribution in [-0.2, 0) is 6.42 Å². The van der Waals surface area contributed by atoms with E-state index in [1.165, 1.54) is 5.56 Å². The van der Waals surface area contributed by atoms with Crippen LogP contribution in [0.4, 0.5) is 0 Å². The van der Waals surface area contributed by atoms with Gasteiger partial charge in [-0.05, 0) is 36.6 Å². The molecular weight excluding hydrogens is 296 g/mol. The molecule has 22 heavy (non-hydrogen) atoms. The molecule has 0 aromatic heterocycles. The lowest BCUT2D eigenvalue weighted by molar-refractivity contribution is 0.0955. The molecule has 0 radical (unpaired) electrons. The zero-order chi connectivity index (χ0) is 15.9. The van der Waals surface area contributed by atoms with Crippen LogP contribution in [0.2, 0.25) is 5.02 Å². The number of amides is 1. The van der Waals surface area contributed by atoms with E-state index in [9.17, 15) is 4.79 Å². The predicted molar refractivity (Wildman–Crippen MR) is 91.6 cm³/mol. The van der Waals surface area contributed by atoms with Crippen LogP contribution in [0, 0.1) is 0 Å². The Kier molecular flexibility index (Phi) is 5.73. The molecule has 0 fully saturated rings. The summed E-state index contributed by atoms with van der Waals surface area (Å²) >= 11 is 5.99. The number of carbonyl (C=O) groups is 1. The molecule has 0 aliphatic carbocycles. The molecule has 1 N–H and O–H groups in total. The molecule has 0 atom stereocenters. The Morgan fingerprint density at radius 2 is 1.82 bits per heavy atom. The summed E-state index contributed by atoms with van der Waals surface area (Å²) in [7, 11) is 0. The van der Waals surface area contributed by atoms with Gasteiger partial charge in [0.05, 0.1) is 16.3 Å². The topological polar surface area (TPSA) is 41.5 Å². The summed E-state index contributed by atoms with van der Waals surface area (Å²) < 4.78 is 0. The second-order valence-electron chi connectivity index (χ2n) is 5.06. The van der Waals surface area contributed by atoms with Crippen molar-refractivity contribution in [1.29, 1.82) is 0 Å².